The van der Waals surface area contributed by atoms with E-state index in [1.165, 1.54) is 0 Å². The van der Waals surface area contributed by atoms with Gasteiger partial charge in [0.15, 0.2) is 6.10 Å². The molecule has 1 fully saturated rings. The van der Waals surface area contributed by atoms with Crippen LogP contribution in [0, 0.1) is 5.41 Å². The van der Waals surface area contributed by atoms with Crippen molar-refractivity contribution < 1.29 is 14.6 Å². The molecule has 1 atom stereocenters. The Bertz CT molecular complexity index is 460. The van der Waals surface area contributed by atoms with Gasteiger partial charge in [0.1, 0.15) is 5.75 Å². The molecule has 1 aromatic carbocycles. The van der Waals surface area contributed by atoms with Gasteiger partial charge < -0.3 is 15.2 Å². The van der Waals surface area contributed by atoms with Gasteiger partial charge in [-0.3, -0.25) is 4.79 Å². The van der Waals surface area contributed by atoms with E-state index in [4.69, 9.17) is 4.74 Å². The van der Waals surface area contributed by atoms with E-state index in [1.807, 2.05) is 24.3 Å². The summed E-state index contributed by atoms with van der Waals surface area (Å²) >= 11 is 3.38. The van der Waals surface area contributed by atoms with Crippen LogP contribution in [0.25, 0.3) is 0 Å². The number of ether oxygens (including phenoxy) is 1. The van der Waals surface area contributed by atoms with Gasteiger partial charge in [0.25, 0.3) is 5.91 Å². The summed E-state index contributed by atoms with van der Waals surface area (Å²) in [6.45, 7) is 2.37. The Morgan fingerprint density at radius 1 is 1.53 bits per heavy atom. The summed E-state index contributed by atoms with van der Waals surface area (Å²) in [6, 6.07) is 7.42. The van der Waals surface area contributed by atoms with Crippen molar-refractivity contribution in [3.05, 3.63) is 28.7 Å². The number of halogens is 1. The highest BCUT2D eigenvalue weighted by atomic mass is 79.9. The quantitative estimate of drug-likeness (QED) is 0.841. The molecule has 5 heteroatoms. The fourth-order valence-electron chi connectivity index (χ4n) is 1.77. The van der Waals surface area contributed by atoms with Gasteiger partial charge in [0.2, 0.25) is 0 Å². The largest absolute Gasteiger partial charge is 0.480 e. The molecule has 0 bridgehead atoms. The first-order valence-electron chi connectivity index (χ1n) is 6.36. The monoisotopic (exact) mass is 327 g/mol. The summed E-state index contributed by atoms with van der Waals surface area (Å²) in [5.41, 5.74) is -0.0806. The van der Waals surface area contributed by atoms with Crippen LogP contribution in [0.15, 0.2) is 28.7 Å². The number of carbonyl (C=O) groups excluding carboxylic acids is 1. The Kier molecular flexibility index (Phi) is 4.47. The van der Waals surface area contributed by atoms with Gasteiger partial charge in [-0.15, -0.1) is 0 Å². The minimum absolute atomic E-state index is 0.0806. The number of benzene rings is 1. The highest BCUT2D eigenvalue weighted by molar-refractivity contribution is 9.10. The number of carbonyl (C=O) groups is 1. The molecule has 0 radical (unpaired) electrons. The standard InChI is InChI=1S/C14H18BrNO3/c1-10(19-12-5-3-2-4-11(12)15)13(18)16-8-14(9-17)6-7-14/h2-5,10,17H,6-9H2,1H3,(H,16,18). The van der Waals surface area contributed by atoms with Gasteiger partial charge in [0.05, 0.1) is 11.1 Å². The van der Waals surface area contributed by atoms with Crippen molar-refractivity contribution in [1.29, 1.82) is 0 Å². The molecular formula is C14H18BrNO3. The van der Waals surface area contributed by atoms with Crippen LogP contribution in [0.3, 0.4) is 0 Å². The zero-order chi connectivity index (χ0) is 13.9. The van der Waals surface area contributed by atoms with Gasteiger partial charge in [-0.25, -0.2) is 0 Å². The Balaban J connectivity index is 1.84. The molecule has 2 rings (SSSR count). The summed E-state index contributed by atoms with van der Waals surface area (Å²) < 4.78 is 6.43. The van der Waals surface area contributed by atoms with Crippen molar-refractivity contribution in [2.24, 2.45) is 5.41 Å². The number of aliphatic hydroxyl groups is 1. The van der Waals surface area contributed by atoms with Crippen LogP contribution in [-0.2, 0) is 4.79 Å². The third kappa shape index (κ3) is 3.70. The van der Waals surface area contributed by atoms with E-state index in [1.54, 1.807) is 6.92 Å². The van der Waals surface area contributed by atoms with E-state index in [0.29, 0.717) is 12.3 Å². The highest BCUT2D eigenvalue weighted by Gasteiger charge is 2.42. The summed E-state index contributed by atoms with van der Waals surface area (Å²) in [4.78, 5) is 11.9. The molecule has 104 valence electrons. The Morgan fingerprint density at radius 2 is 2.21 bits per heavy atom. The van der Waals surface area contributed by atoms with Crippen LogP contribution in [0.4, 0.5) is 0 Å². The molecular weight excluding hydrogens is 310 g/mol. The molecule has 1 unspecified atom stereocenters. The average Bonchev–Trinajstić information content (AvgIpc) is 3.19. The second-order valence-electron chi connectivity index (χ2n) is 5.07. The first-order valence-corrected chi connectivity index (χ1v) is 7.15. The lowest BCUT2D eigenvalue weighted by Gasteiger charge is -2.18. The SMILES string of the molecule is CC(Oc1ccccc1Br)C(=O)NCC1(CO)CC1. The minimum atomic E-state index is -0.562. The molecule has 4 nitrogen and oxygen atoms in total. The van der Waals surface area contributed by atoms with Crippen molar-refractivity contribution >= 4 is 21.8 Å². The maximum atomic E-state index is 11.9. The predicted molar refractivity (Wildman–Crippen MR) is 76.0 cm³/mol. The van der Waals surface area contributed by atoms with Crippen molar-refractivity contribution in [3.8, 4) is 5.75 Å². The van der Waals surface area contributed by atoms with Crippen molar-refractivity contribution in [1.82, 2.24) is 5.32 Å². The molecule has 0 spiro atoms. The zero-order valence-electron chi connectivity index (χ0n) is 10.9. The number of aliphatic hydroxyl groups excluding tert-OH is 1. The van der Waals surface area contributed by atoms with Crippen LogP contribution < -0.4 is 10.1 Å². The maximum absolute atomic E-state index is 11.9. The van der Waals surface area contributed by atoms with Crippen LogP contribution in [-0.4, -0.2) is 30.3 Å². The number of hydrogen-bond donors (Lipinski definition) is 2. The molecule has 0 aromatic heterocycles. The fourth-order valence-corrected chi connectivity index (χ4v) is 2.15. The topological polar surface area (TPSA) is 58.6 Å². The van der Waals surface area contributed by atoms with Crippen molar-refractivity contribution in [2.45, 2.75) is 25.9 Å². The van der Waals surface area contributed by atoms with E-state index in [9.17, 15) is 9.90 Å². The second-order valence-corrected chi connectivity index (χ2v) is 5.92. The molecule has 0 saturated heterocycles. The van der Waals surface area contributed by atoms with Gasteiger partial charge in [0, 0.05) is 12.0 Å². The number of hydrogen-bond acceptors (Lipinski definition) is 3. The predicted octanol–water partition coefficient (Wildman–Crippen LogP) is 2.11. The first-order chi connectivity index (χ1) is 9.06. The number of para-hydroxylation sites is 1. The van der Waals surface area contributed by atoms with E-state index >= 15 is 0 Å². The summed E-state index contributed by atoms with van der Waals surface area (Å²) in [5, 5.41) is 12.0. The molecule has 2 N–H and O–H groups in total. The van der Waals surface area contributed by atoms with E-state index in [-0.39, 0.29) is 17.9 Å². The van der Waals surface area contributed by atoms with Gasteiger partial charge >= 0.3 is 0 Å². The fraction of sp³-hybridized carbons (Fsp3) is 0.500. The Hall–Kier alpha value is -1.07. The lowest BCUT2D eigenvalue weighted by atomic mass is 10.1. The normalized spacial score (nSPS) is 17.6. The van der Waals surface area contributed by atoms with Crippen LogP contribution >= 0.6 is 15.9 Å². The molecule has 1 aliphatic rings. The van der Waals surface area contributed by atoms with Crippen LogP contribution in [0.1, 0.15) is 19.8 Å². The molecule has 0 heterocycles. The van der Waals surface area contributed by atoms with Gasteiger partial charge in [-0.2, -0.15) is 0 Å². The molecule has 1 aromatic rings. The summed E-state index contributed by atoms with van der Waals surface area (Å²) in [6.07, 6.45) is 1.39. The van der Waals surface area contributed by atoms with E-state index < -0.39 is 6.10 Å². The minimum Gasteiger partial charge on any atom is -0.480 e. The smallest absolute Gasteiger partial charge is 0.260 e. The van der Waals surface area contributed by atoms with Crippen molar-refractivity contribution in [3.63, 3.8) is 0 Å². The molecule has 1 aliphatic carbocycles. The van der Waals surface area contributed by atoms with Crippen molar-refractivity contribution in [2.75, 3.05) is 13.2 Å². The maximum Gasteiger partial charge on any atom is 0.260 e. The number of amides is 1. The van der Waals surface area contributed by atoms with Gasteiger partial charge in [-0.1, -0.05) is 12.1 Å². The van der Waals surface area contributed by atoms with E-state index in [2.05, 4.69) is 21.2 Å². The Labute approximate surface area is 121 Å². The lowest BCUT2D eigenvalue weighted by Crippen LogP contribution is -2.40. The molecule has 19 heavy (non-hydrogen) atoms. The average molecular weight is 328 g/mol. The van der Waals surface area contributed by atoms with Gasteiger partial charge in [-0.05, 0) is 47.8 Å². The molecule has 0 aliphatic heterocycles. The number of rotatable bonds is 6. The first kappa shape index (κ1) is 14.3. The zero-order valence-corrected chi connectivity index (χ0v) is 12.4. The molecule has 1 saturated carbocycles. The Morgan fingerprint density at radius 3 is 2.79 bits per heavy atom. The highest BCUT2D eigenvalue weighted by Crippen LogP contribution is 2.44. The van der Waals surface area contributed by atoms with Crippen LogP contribution in [0.5, 0.6) is 5.75 Å². The van der Waals surface area contributed by atoms with E-state index in [0.717, 1.165) is 17.3 Å². The summed E-state index contributed by atoms with van der Waals surface area (Å²) in [5.74, 6) is 0.490. The third-order valence-electron chi connectivity index (χ3n) is 3.44. The molecule has 1 amide bonds. The third-order valence-corrected chi connectivity index (χ3v) is 4.09. The van der Waals surface area contributed by atoms with Crippen LogP contribution in [0.2, 0.25) is 0 Å². The number of nitrogens with one attached hydrogen (secondary N) is 1. The lowest BCUT2D eigenvalue weighted by molar-refractivity contribution is -0.127. The second kappa shape index (κ2) is 5.92. The summed E-state index contributed by atoms with van der Waals surface area (Å²) in [7, 11) is 0.